The molecule has 1 rings (SSSR count). The lowest BCUT2D eigenvalue weighted by atomic mass is 9.98. The van der Waals surface area contributed by atoms with Crippen LogP contribution in [0.25, 0.3) is 0 Å². The van der Waals surface area contributed by atoms with Crippen molar-refractivity contribution >= 4 is 11.8 Å². The first-order valence-corrected chi connectivity index (χ1v) is 6.32. The summed E-state index contributed by atoms with van der Waals surface area (Å²) in [5, 5.41) is 0. The van der Waals surface area contributed by atoms with E-state index in [1.54, 1.807) is 0 Å². The number of carbonyl (C=O) groups is 2. The van der Waals surface area contributed by atoms with E-state index in [2.05, 4.69) is 0 Å². The number of rotatable bonds is 4. The first-order valence-electron chi connectivity index (χ1n) is 6.32. The molecule has 0 aliphatic carbocycles. The van der Waals surface area contributed by atoms with Crippen LogP contribution in [-0.4, -0.2) is 29.3 Å². The monoisotopic (exact) mass is 238 g/mol. The van der Waals surface area contributed by atoms with Gasteiger partial charge in [-0.1, -0.05) is 13.0 Å². The van der Waals surface area contributed by atoms with E-state index in [4.69, 9.17) is 5.73 Å². The van der Waals surface area contributed by atoms with Gasteiger partial charge in [0.25, 0.3) is 0 Å². The minimum atomic E-state index is -0.327. The Morgan fingerprint density at radius 3 is 2.71 bits per heavy atom. The highest BCUT2D eigenvalue weighted by Crippen LogP contribution is 2.21. The molecular weight excluding hydrogens is 216 g/mol. The van der Waals surface area contributed by atoms with Crippen LogP contribution in [0.1, 0.15) is 46.0 Å². The molecule has 1 aliphatic rings. The molecule has 0 radical (unpaired) electrons. The van der Waals surface area contributed by atoms with E-state index in [-0.39, 0.29) is 24.3 Å². The van der Waals surface area contributed by atoms with Crippen molar-refractivity contribution in [1.29, 1.82) is 0 Å². The topological polar surface area (TPSA) is 63.4 Å². The van der Waals surface area contributed by atoms with Gasteiger partial charge in [0.05, 0.1) is 0 Å². The maximum Gasteiger partial charge on any atom is 0.249 e. The number of primary amides is 1. The summed E-state index contributed by atoms with van der Waals surface area (Å²) in [6.07, 6.45) is 6.03. The lowest BCUT2D eigenvalue weighted by Crippen LogP contribution is -2.45. The minimum absolute atomic E-state index is 0.00560. The van der Waals surface area contributed by atoms with Crippen molar-refractivity contribution < 1.29 is 9.59 Å². The number of amides is 2. The predicted molar refractivity (Wildman–Crippen MR) is 67.2 cm³/mol. The van der Waals surface area contributed by atoms with E-state index in [0.717, 1.165) is 37.8 Å². The number of nitrogens with two attached hydrogens (primary N) is 1. The third kappa shape index (κ3) is 3.88. The first-order chi connectivity index (χ1) is 8.06. The average Bonchev–Trinajstić information content (AvgIpc) is 2.28. The lowest BCUT2D eigenvalue weighted by molar-refractivity contribution is -0.132. The van der Waals surface area contributed by atoms with E-state index >= 15 is 0 Å². The molecule has 1 fully saturated rings. The Balaban J connectivity index is 2.73. The fourth-order valence-corrected chi connectivity index (χ4v) is 2.33. The summed E-state index contributed by atoms with van der Waals surface area (Å²) in [7, 11) is 0. The summed E-state index contributed by atoms with van der Waals surface area (Å²) in [6, 6.07) is -0.00560. The molecule has 96 valence electrons. The molecule has 0 saturated carbocycles. The molecule has 0 aromatic heterocycles. The first kappa shape index (κ1) is 13.7. The van der Waals surface area contributed by atoms with E-state index in [0.29, 0.717) is 0 Å². The number of piperidine rings is 1. The van der Waals surface area contributed by atoms with Gasteiger partial charge in [-0.3, -0.25) is 9.59 Å². The van der Waals surface area contributed by atoms with Crippen molar-refractivity contribution in [2.45, 2.75) is 52.0 Å². The zero-order chi connectivity index (χ0) is 12.8. The van der Waals surface area contributed by atoms with Gasteiger partial charge in [-0.25, -0.2) is 0 Å². The largest absolute Gasteiger partial charge is 0.370 e. The molecule has 2 N–H and O–H groups in total. The zero-order valence-corrected chi connectivity index (χ0v) is 10.7. The maximum absolute atomic E-state index is 12.2. The van der Waals surface area contributed by atoms with Crippen LogP contribution < -0.4 is 5.73 Å². The highest BCUT2D eigenvalue weighted by atomic mass is 16.2. The number of hydrogen-bond donors (Lipinski definition) is 1. The van der Waals surface area contributed by atoms with Crippen molar-refractivity contribution in [3.05, 3.63) is 11.6 Å². The summed E-state index contributed by atoms with van der Waals surface area (Å²) < 4.78 is 0. The summed E-state index contributed by atoms with van der Waals surface area (Å²) in [5.41, 5.74) is 6.00. The summed E-state index contributed by atoms with van der Waals surface area (Å²) in [5.74, 6) is -0.273. The number of hydrogen-bond acceptors (Lipinski definition) is 2. The summed E-state index contributed by atoms with van der Waals surface area (Å²) >= 11 is 0. The van der Waals surface area contributed by atoms with Gasteiger partial charge in [0.1, 0.15) is 0 Å². The van der Waals surface area contributed by atoms with Crippen molar-refractivity contribution in [2.75, 3.05) is 6.54 Å². The van der Waals surface area contributed by atoms with Crippen LogP contribution in [0.15, 0.2) is 11.6 Å². The molecule has 2 amide bonds. The lowest BCUT2D eigenvalue weighted by Gasteiger charge is -2.35. The summed E-state index contributed by atoms with van der Waals surface area (Å²) in [6.45, 7) is 4.58. The van der Waals surface area contributed by atoms with Crippen molar-refractivity contribution in [2.24, 2.45) is 5.73 Å². The molecule has 0 unspecified atom stereocenters. The maximum atomic E-state index is 12.2. The highest BCUT2D eigenvalue weighted by molar-refractivity contribution is 5.93. The predicted octanol–water partition coefficient (Wildman–Crippen LogP) is 1.60. The fraction of sp³-hybridized carbons (Fsp3) is 0.692. The number of nitrogens with zero attached hydrogens (tertiary/aromatic N) is 1. The Labute approximate surface area is 103 Å². The van der Waals surface area contributed by atoms with Crippen LogP contribution in [-0.2, 0) is 9.59 Å². The molecule has 1 heterocycles. The minimum Gasteiger partial charge on any atom is -0.370 e. The average molecular weight is 238 g/mol. The molecule has 4 nitrogen and oxygen atoms in total. The van der Waals surface area contributed by atoms with Gasteiger partial charge in [-0.05, 0) is 32.6 Å². The number of carbonyl (C=O) groups excluding carboxylic acids is 2. The Bertz CT molecular complexity index is 323. The van der Waals surface area contributed by atoms with Gasteiger partial charge in [-0.2, -0.15) is 0 Å². The van der Waals surface area contributed by atoms with Crippen LogP contribution in [0, 0.1) is 0 Å². The van der Waals surface area contributed by atoms with E-state index in [1.807, 2.05) is 24.8 Å². The van der Waals surface area contributed by atoms with E-state index in [9.17, 15) is 9.59 Å². The molecule has 0 bridgehead atoms. The fourth-order valence-electron chi connectivity index (χ4n) is 2.33. The van der Waals surface area contributed by atoms with Crippen molar-refractivity contribution in [3.8, 4) is 0 Å². The number of allylic oxidation sites excluding steroid dienone is 1. The van der Waals surface area contributed by atoms with E-state index in [1.165, 1.54) is 0 Å². The Kier molecular flexibility index (Phi) is 5.19. The van der Waals surface area contributed by atoms with Gasteiger partial charge in [0.15, 0.2) is 0 Å². The second kappa shape index (κ2) is 6.42. The second-order valence-corrected chi connectivity index (χ2v) is 4.61. The SMILES string of the molecule is CC/C=C(\C)C(=O)N1CCCC[C@@H]1CC(N)=O. The van der Waals surface area contributed by atoms with E-state index < -0.39 is 0 Å². The molecular formula is C13H22N2O2. The Morgan fingerprint density at radius 1 is 1.41 bits per heavy atom. The molecule has 1 aliphatic heterocycles. The van der Waals surface area contributed by atoms with Gasteiger partial charge >= 0.3 is 0 Å². The molecule has 0 aromatic rings. The van der Waals surface area contributed by atoms with Gasteiger partial charge in [0, 0.05) is 24.6 Å². The van der Waals surface area contributed by atoms with Crippen LogP contribution in [0.3, 0.4) is 0 Å². The Hall–Kier alpha value is -1.32. The number of likely N-dealkylation sites (tertiary alicyclic amines) is 1. The third-order valence-corrected chi connectivity index (χ3v) is 3.17. The van der Waals surface area contributed by atoms with Gasteiger partial charge < -0.3 is 10.6 Å². The molecule has 17 heavy (non-hydrogen) atoms. The van der Waals surface area contributed by atoms with Crippen LogP contribution in [0.2, 0.25) is 0 Å². The molecule has 0 spiro atoms. The molecule has 1 saturated heterocycles. The van der Waals surface area contributed by atoms with Gasteiger partial charge in [0.2, 0.25) is 11.8 Å². The van der Waals surface area contributed by atoms with Crippen LogP contribution in [0.4, 0.5) is 0 Å². The quantitative estimate of drug-likeness (QED) is 0.756. The van der Waals surface area contributed by atoms with Crippen molar-refractivity contribution in [1.82, 2.24) is 4.90 Å². The Morgan fingerprint density at radius 2 is 2.12 bits per heavy atom. The van der Waals surface area contributed by atoms with Crippen molar-refractivity contribution in [3.63, 3.8) is 0 Å². The van der Waals surface area contributed by atoms with Crippen LogP contribution in [0.5, 0.6) is 0 Å². The molecule has 0 aromatic carbocycles. The molecule has 1 atom stereocenters. The molecule has 4 heteroatoms. The smallest absolute Gasteiger partial charge is 0.249 e. The van der Waals surface area contributed by atoms with Crippen LogP contribution >= 0.6 is 0 Å². The second-order valence-electron chi connectivity index (χ2n) is 4.61. The highest BCUT2D eigenvalue weighted by Gasteiger charge is 2.28. The zero-order valence-electron chi connectivity index (χ0n) is 10.7. The summed E-state index contributed by atoms with van der Waals surface area (Å²) in [4.78, 5) is 25.0. The standard InChI is InChI=1S/C13H22N2O2/c1-3-6-10(2)13(17)15-8-5-4-7-11(15)9-12(14)16/h6,11H,3-5,7-9H2,1-2H3,(H2,14,16)/b10-6+/t11-/m1/s1. The van der Waals surface area contributed by atoms with Gasteiger partial charge in [-0.15, -0.1) is 0 Å². The third-order valence-electron chi connectivity index (χ3n) is 3.17. The normalized spacial score (nSPS) is 21.4.